The predicted molar refractivity (Wildman–Crippen MR) is 91.2 cm³/mol. The third-order valence-electron chi connectivity index (χ3n) is 3.91. The summed E-state index contributed by atoms with van der Waals surface area (Å²) in [6.07, 6.45) is 2.02. The monoisotopic (exact) mass is 293 g/mol. The quantitative estimate of drug-likeness (QED) is 0.807. The van der Waals surface area contributed by atoms with Gasteiger partial charge in [0.25, 0.3) is 5.91 Å². The van der Waals surface area contributed by atoms with Gasteiger partial charge in [0.15, 0.2) is 0 Å². The van der Waals surface area contributed by atoms with Crippen molar-refractivity contribution in [3.05, 3.63) is 54.2 Å². The zero-order chi connectivity index (χ0) is 15.9. The predicted octanol–water partition coefficient (Wildman–Crippen LogP) is 3.01. The second-order valence-electron chi connectivity index (χ2n) is 5.67. The van der Waals surface area contributed by atoms with E-state index in [1.807, 2.05) is 73.2 Å². The average molecular weight is 293 g/mol. The fourth-order valence-electron chi connectivity index (χ4n) is 2.87. The normalized spacial score (nSPS) is 10.9. The molecule has 3 rings (SSSR count). The number of aryl methyl sites for hydroxylation is 1. The molecule has 2 N–H and O–H groups in total. The maximum absolute atomic E-state index is 11.9. The van der Waals surface area contributed by atoms with Crippen molar-refractivity contribution in [3.63, 3.8) is 0 Å². The van der Waals surface area contributed by atoms with Gasteiger partial charge in [0, 0.05) is 32.7 Å². The van der Waals surface area contributed by atoms with Crippen LogP contribution in [0.15, 0.2) is 48.7 Å². The highest BCUT2D eigenvalue weighted by Gasteiger charge is 2.17. The number of aromatic nitrogens is 1. The molecule has 0 bridgehead atoms. The number of nitrogens with zero attached hydrogens (tertiary/aromatic N) is 2. The summed E-state index contributed by atoms with van der Waals surface area (Å²) in [7, 11) is 5.92. The average Bonchev–Trinajstić information content (AvgIpc) is 2.84. The lowest BCUT2D eigenvalue weighted by Crippen LogP contribution is -2.13. The smallest absolute Gasteiger partial charge is 0.250 e. The van der Waals surface area contributed by atoms with Gasteiger partial charge in [0.2, 0.25) is 0 Å². The number of primary amides is 1. The molecule has 3 aromatic rings. The van der Waals surface area contributed by atoms with E-state index < -0.39 is 5.91 Å². The lowest BCUT2D eigenvalue weighted by Gasteiger charge is -2.12. The molecule has 0 saturated carbocycles. The van der Waals surface area contributed by atoms with Crippen LogP contribution in [0.5, 0.6) is 0 Å². The van der Waals surface area contributed by atoms with E-state index in [0.29, 0.717) is 5.56 Å². The van der Waals surface area contributed by atoms with Gasteiger partial charge in [0.1, 0.15) is 0 Å². The van der Waals surface area contributed by atoms with Gasteiger partial charge in [-0.1, -0.05) is 30.3 Å². The Balaban J connectivity index is 2.38. The lowest BCUT2D eigenvalue weighted by atomic mass is 9.99. The summed E-state index contributed by atoms with van der Waals surface area (Å²) in [4.78, 5) is 14.0. The zero-order valence-electron chi connectivity index (χ0n) is 13.0. The number of rotatable bonds is 3. The summed E-state index contributed by atoms with van der Waals surface area (Å²) in [6.45, 7) is 0. The Bertz CT molecular complexity index is 848. The third kappa shape index (κ3) is 2.22. The first kappa shape index (κ1) is 14.2. The van der Waals surface area contributed by atoms with Crippen LogP contribution in [0.3, 0.4) is 0 Å². The van der Waals surface area contributed by atoms with Gasteiger partial charge < -0.3 is 15.2 Å². The van der Waals surface area contributed by atoms with E-state index in [4.69, 9.17) is 5.73 Å². The van der Waals surface area contributed by atoms with Crippen molar-refractivity contribution in [2.45, 2.75) is 0 Å². The molecule has 0 aliphatic carbocycles. The molecule has 0 unspecified atom stereocenters. The van der Waals surface area contributed by atoms with Crippen molar-refractivity contribution in [2.24, 2.45) is 12.8 Å². The second kappa shape index (κ2) is 5.22. The number of hydrogen-bond acceptors (Lipinski definition) is 2. The number of hydrogen-bond donors (Lipinski definition) is 1. The lowest BCUT2D eigenvalue weighted by molar-refractivity contribution is 0.100. The summed E-state index contributed by atoms with van der Waals surface area (Å²) in [5.41, 5.74) is 10.2. The van der Waals surface area contributed by atoms with Gasteiger partial charge in [-0.05, 0) is 23.3 Å². The van der Waals surface area contributed by atoms with Crippen LogP contribution in [-0.2, 0) is 7.05 Å². The molecule has 0 spiro atoms. The first-order valence-corrected chi connectivity index (χ1v) is 7.14. The fourth-order valence-corrected chi connectivity index (χ4v) is 2.87. The Morgan fingerprint density at radius 2 is 1.77 bits per heavy atom. The molecule has 0 fully saturated rings. The minimum absolute atomic E-state index is 0.408. The van der Waals surface area contributed by atoms with Gasteiger partial charge >= 0.3 is 0 Å². The standard InChI is InChI=1S/C18H19N3O/c1-20(2)16-11-21(3)17-14(16)9-13(10-15(17)18(19)22)12-7-5-4-6-8-12/h4-11H,1-3H3,(H2,19,22). The van der Waals surface area contributed by atoms with Crippen LogP contribution in [0, 0.1) is 0 Å². The van der Waals surface area contributed by atoms with Crippen LogP contribution in [-0.4, -0.2) is 24.6 Å². The van der Waals surface area contributed by atoms with Crippen molar-refractivity contribution >= 4 is 22.5 Å². The summed E-state index contributed by atoms with van der Waals surface area (Å²) in [5, 5.41) is 1.03. The molecule has 4 heteroatoms. The summed E-state index contributed by atoms with van der Waals surface area (Å²) in [6, 6.07) is 14.0. The van der Waals surface area contributed by atoms with Crippen molar-refractivity contribution in [1.82, 2.24) is 4.57 Å². The topological polar surface area (TPSA) is 51.3 Å². The maximum Gasteiger partial charge on any atom is 0.250 e. The molecule has 0 atom stereocenters. The molecule has 0 aliphatic rings. The van der Waals surface area contributed by atoms with Crippen LogP contribution in [0.25, 0.3) is 22.0 Å². The van der Waals surface area contributed by atoms with Crippen LogP contribution in [0.2, 0.25) is 0 Å². The van der Waals surface area contributed by atoms with Crippen molar-refractivity contribution in [1.29, 1.82) is 0 Å². The molecule has 0 aliphatic heterocycles. The first-order chi connectivity index (χ1) is 10.5. The summed E-state index contributed by atoms with van der Waals surface area (Å²) >= 11 is 0. The highest BCUT2D eigenvalue weighted by atomic mass is 16.1. The van der Waals surface area contributed by atoms with E-state index in [9.17, 15) is 4.79 Å². The van der Waals surface area contributed by atoms with E-state index in [1.54, 1.807) is 0 Å². The van der Waals surface area contributed by atoms with E-state index in [2.05, 4.69) is 6.07 Å². The number of anilines is 1. The minimum Gasteiger partial charge on any atom is -0.376 e. The largest absolute Gasteiger partial charge is 0.376 e. The second-order valence-corrected chi connectivity index (χ2v) is 5.67. The Morgan fingerprint density at radius 3 is 2.36 bits per heavy atom. The van der Waals surface area contributed by atoms with Crippen molar-refractivity contribution < 1.29 is 4.79 Å². The molecule has 0 saturated heterocycles. The number of fused-ring (bicyclic) bond motifs is 1. The molecule has 4 nitrogen and oxygen atoms in total. The Kier molecular flexibility index (Phi) is 3.37. The summed E-state index contributed by atoms with van der Waals surface area (Å²) < 4.78 is 1.96. The molecule has 112 valence electrons. The molecule has 1 heterocycles. The number of nitrogens with two attached hydrogens (primary N) is 1. The molecular weight excluding hydrogens is 274 g/mol. The van der Waals surface area contributed by atoms with Crippen LogP contribution in [0.1, 0.15) is 10.4 Å². The van der Waals surface area contributed by atoms with E-state index >= 15 is 0 Å². The van der Waals surface area contributed by atoms with Crippen LogP contribution in [0.4, 0.5) is 5.69 Å². The molecule has 1 amide bonds. The fraction of sp³-hybridized carbons (Fsp3) is 0.167. The third-order valence-corrected chi connectivity index (χ3v) is 3.91. The summed E-state index contributed by atoms with van der Waals surface area (Å²) in [5.74, 6) is -0.408. The Morgan fingerprint density at radius 1 is 1.09 bits per heavy atom. The van der Waals surface area contributed by atoms with Gasteiger partial charge in [-0.3, -0.25) is 4.79 Å². The van der Waals surface area contributed by atoms with Crippen LogP contribution >= 0.6 is 0 Å². The number of carbonyl (C=O) groups is 1. The highest BCUT2D eigenvalue weighted by Crippen LogP contribution is 2.34. The molecule has 0 radical (unpaired) electrons. The minimum atomic E-state index is -0.408. The van der Waals surface area contributed by atoms with Gasteiger partial charge in [-0.25, -0.2) is 0 Å². The Labute approximate surface area is 129 Å². The van der Waals surface area contributed by atoms with E-state index in [-0.39, 0.29) is 0 Å². The Hall–Kier alpha value is -2.75. The van der Waals surface area contributed by atoms with Crippen molar-refractivity contribution in [2.75, 3.05) is 19.0 Å². The van der Waals surface area contributed by atoms with Gasteiger partial charge in [-0.2, -0.15) is 0 Å². The zero-order valence-corrected chi connectivity index (χ0v) is 13.0. The molecular formula is C18H19N3O. The van der Waals surface area contributed by atoms with E-state index in [0.717, 1.165) is 27.7 Å². The SMILES string of the molecule is CN(C)c1cn(C)c2c(C(N)=O)cc(-c3ccccc3)cc12. The first-order valence-electron chi connectivity index (χ1n) is 7.14. The van der Waals surface area contributed by atoms with Gasteiger partial charge in [0.05, 0.1) is 16.8 Å². The highest BCUT2D eigenvalue weighted by molar-refractivity contribution is 6.10. The number of amides is 1. The van der Waals surface area contributed by atoms with Gasteiger partial charge in [-0.15, -0.1) is 0 Å². The maximum atomic E-state index is 11.9. The molecule has 22 heavy (non-hydrogen) atoms. The molecule has 1 aromatic heterocycles. The van der Waals surface area contributed by atoms with E-state index in [1.165, 1.54) is 0 Å². The molecule has 2 aromatic carbocycles. The number of carbonyl (C=O) groups excluding carboxylic acids is 1. The van der Waals surface area contributed by atoms with Crippen LogP contribution < -0.4 is 10.6 Å². The van der Waals surface area contributed by atoms with Crippen molar-refractivity contribution in [3.8, 4) is 11.1 Å². The number of benzene rings is 2.